The lowest BCUT2D eigenvalue weighted by Crippen LogP contribution is -1.88. The quantitative estimate of drug-likeness (QED) is 0.611. The van der Waals surface area contributed by atoms with E-state index in [0.717, 1.165) is 0 Å². The minimum atomic E-state index is 0.219. The summed E-state index contributed by atoms with van der Waals surface area (Å²) < 4.78 is 5.04. The van der Waals surface area contributed by atoms with Crippen molar-refractivity contribution in [2.45, 2.75) is 0 Å². The van der Waals surface area contributed by atoms with Gasteiger partial charge in [-0.15, -0.1) is 0 Å². The maximum atomic E-state index is 10.6. The molecule has 0 bridgehead atoms. The number of carbonyl (C=O) groups excluding carboxylic acids is 1. The van der Waals surface area contributed by atoms with E-state index in [1.54, 1.807) is 6.07 Å². The fraction of sp³-hybridized carbons (Fsp3) is 0. The Kier molecular flexibility index (Phi) is 1.57. The van der Waals surface area contributed by atoms with E-state index in [0.29, 0.717) is 22.9 Å². The minimum absolute atomic E-state index is 0.219. The highest BCUT2D eigenvalue weighted by atomic mass is 16.3. The Balaban J connectivity index is 2.86. The van der Waals surface area contributed by atoms with Crippen LogP contribution in [0.15, 0.2) is 22.8 Å². The van der Waals surface area contributed by atoms with Crippen LogP contribution in [0.3, 0.4) is 0 Å². The van der Waals surface area contributed by atoms with Crippen molar-refractivity contribution in [1.82, 2.24) is 4.98 Å². The molecule has 13 heavy (non-hydrogen) atoms. The molecular formula is C9H4N2O2. The Bertz CT molecular complexity index is 508. The van der Waals surface area contributed by atoms with Crippen molar-refractivity contribution in [1.29, 1.82) is 5.26 Å². The Morgan fingerprint density at radius 3 is 3.15 bits per heavy atom. The summed E-state index contributed by atoms with van der Waals surface area (Å²) in [6.07, 6.45) is 2.08. The lowest BCUT2D eigenvalue weighted by atomic mass is 10.2. The zero-order valence-electron chi connectivity index (χ0n) is 6.52. The van der Waals surface area contributed by atoms with E-state index in [2.05, 4.69) is 4.98 Å². The van der Waals surface area contributed by atoms with Crippen molar-refractivity contribution in [3.63, 3.8) is 0 Å². The second-order valence-electron chi connectivity index (χ2n) is 2.46. The van der Waals surface area contributed by atoms with E-state index in [1.165, 1.54) is 12.3 Å². The van der Waals surface area contributed by atoms with Gasteiger partial charge in [-0.1, -0.05) is 0 Å². The number of nitrogens with zero attached hydrogens (tertiary/aromatic N) is 2. The molecule has 0 aromatic carbocycles. The molecule has 0 radical (unpaired) electrons. The number of aldehydes is 1. The molecular weight excluding hydrogens is 168 g/mol. The molecule has 4 heteroatoms. The maximum Gasteiger partial charge on any atom is 0.162 e. The van der Waals surface area contributed by atoms with E-state index in [9.17, 15) is 4.79 Å². The fourth-order valence-electron chi connectivity index (χ4n) is 1.13. The molecule has 0 saturated heterocycles. The van der Waals surface area contributed by atoms with Crippen molar-refractivity contribution in [3.8, 4) is 6.07 Å². The highest BCUT2D eigenvalue weighted by Gasteiger charge is 2.06. The van der Waals surface area contributed by atoms with E-state index in [-0.39, 0.29) is 5.69 Å². The normalized spacial score (nSPS) is 9.77. The van der Waals surface area contributed by atoms with E-state index in [4.69, 9.17) is 9.68 Å². The van der Waals surface area contributed by atoms with Gasteiger partial charge in [-0.25, -0.2) is 4.98 Å². The summed E-state index contributed by atoms with van der Waals surface area (Å²) >= 11 is 0. The third kappa shape index (κ3) is 1.07. The van der Waals surface area contributed by atoms with Gasteiger partial charge in [0.15, 0.2) is 11.9 Å². The first-order valence-electron chi connectivity index (χ1n) is 3.58. The molecule has 0 aliphatic heterocycles. The van der Waals surface area contributed by atoms with Crippen LogP contribution in [0.25, 0.3) is 11.1 Å². The van der Waals surface area contributed by atoms with Crippen molar-refractivity contribution >= 4 is 17.4 Å². The number of aromatic nitrogens is 1. The van der Waals surface area contributed by atoms with Gasteiger partial charge in [-0.05, 0) is 6.07 Å². The monoisotopic (exact) mass is 172 g/mol. The van der Waals surface area contributed by atoms with Gasteiger partial charge in [0.25, 0.3) is 0 Å². The lowest BCUT2D eigenvalue weighted by molar-refractivity contribution is 0.112. The van der Waals surface area contributed by atoms with Crippen LogP contribution in [0, 0.1) is 11.3 Å². The van der Waals surface area contributed by atoms with E-state index < -0.39 is 0 Å². The molecule has 0 N–H and O–H groups in total. The van der Waals surface area contributed by atoms with Gasteiger partial charge in [0.1, 0.15) is 17.3 Å². The summed E-state index contributed by atoms with van der Waals surface area (Å²) in [5.41, 5.74) is 1.53. The molecule has 4 nitrogen and oxygen atoms in total. The number of furan rings is 1. The van der Waals surface area contributed by atoms with Crippen LogP contribution in [0.1, 0.15) is 16.1 Å². The van der Waals surface area contributed by atoms with Gasteiger partial charge in [0.2, 0.25) is 0 Å². The molecule has 0 atom stereocenters. The molecule has 2 heterocycles. The summed E-state index contributed by atoms with van der Waals surface area (Å²) in [4.78, 5) is 14.5. The summed E-state index contributed by atoms with van der Waals surface area (Å²) in [5.74, 6) is 0. The summed E-state index contributed by atoms with van der Waals surface area (Å²) in [7, 11) is 0. The van der Waals surface area contributed by atoms with Crippen LogP contribution < -0.4 is 0 Å². The van der Waals surface area contributed by atoms with Crippen molar-refractivity contribution in [3.05, 3.63) is 29.7 Å². The molecule has 62 valence electrons. The number of hydrogen-bond donors (Lipinski definition) is 0. The van der Waals surface area contributed by atoms with Crippen LogP contribution in [0.2, 0.25) is 0 Å². The number of hydrogen-bond acceptors (Lipinski definition) is 4. The second-order valence-corrected chi connectivity index (χ2v) is 2.46. The Morgan fingerprint density at radius 1 is 1.62 bits per heavy atom. The molecule has 0 amide bonds. The predicted octanol–water partition coefficient (Wildman–Crippen LogP) is 1.51. The highest BCUT2D eigenvalue weighted by molar-refractivity contribution is 5.93. The first kappa shape index (κ1) is 7.50. The van der Waals surface area contributed by atoms with Gasteiger partial charge in [-0.3, -0.25) is 4.79 Å². The topological polar surface area (TPSA) is 66.9 Å². The zero-order chi connectivity index (χ0) is 9.26. The smallest absolute Gasteiger partial charge is 0.162 e. The number of rotatable bonds is 1. The van der Waals surface area contributed by atoms with E-state index in [1.807, 2.05) is 6.07 Å². The van der Waals surface area contributed by atoms with Gasteiger partial charge >= 0.3 is 0 Å². The largest absolute Gasteiger partial charge is 0.462 e. The number of nitriles is 1. The first-order valence-corrected chi connectivity index (χ1v) is 3.58. The van der Waals surface area contributed by atoms with Gasteiger partial charge in [0, 0.05) is 6.07 Å². The molecule has 0 spiro atoms. The standard InChI is InChI=1S/C9H4N2O2/c10-4-7-3-6(5-12)9-8(11-7)1-2-13-9/h1-3,5H. The van der Waals surface area contributed by atoms with Crippen LogP contribution in [0.5, 0.6) is 0 Å². The summed E-state index contributed by atoms with van der Waals surface area (Å²) in [6, 6.07) is 4.89. The number of pyridine rings is 1. The molecule has 2 aromatic rings. The third-order valence-corrected chi connectivity index (χ3v) is 1.68. The summed E-state index contributed by atoms with van der Waals surface area (Å²) in [6.45, 7) is 0. The van der Waals surface area contributed by atoms with Gasteiger partial charge in [0.05, 0.1) is 11.8 Å². The number of carbonyl (C=O) groups is 1. The highest BCUT2D eigenvalue weighted by Crippen LogP contribution is 2.17. The average Bonchev–Trinajstić information content (AvgIpc) is 2.63. The van der Waals surface area contributed by atoms with Crippen molar-refractivity contribution in [2.75, 3.05) is 0 Å². The van der Waals surface area contributed by atoms with Crippen LogP contribution in [-0.2, 0) is 0 Å². The minimum Gasteiger partial charge on any atom is -0.462 e. The average molecular weight is 172 g/mol. The third-order valence-electron chi connectivity index (χ3n) is 1.68. The maximum absolute atomic E-state index is 10.6. The SMILES string of the molecule is N#Cc1cc(C=O)c2occc2n1. The Labute approximate surface area is 73.4 Å². The fourth-order valence-corrected chi connectivity index (χ4v) is 1.13. The molecule has 0 unspecified atom stereocenters. The first-order chi connectivity index (χ1) is 6.35. The van der Waals surface area contributed by atoms with Crippen molar-refractivity contribution < 1.29 is 9.21 Å². The van der Waals surface area contributed by atoms with Gasteiger partial charge < -0.3 is 4.42 Å². The lowest BCUT2D eigenvalue weighted by Gasteiger charge is -1.92. The summed E-state index contributed by atoms with van der Waals surface area (Å²) in [5, 5.41) is 8.60. The molecule has 2 rings (SSSR count). The predicted molar refractivity (Wildman–Crippen MR) is 44.1 cm³/mol. The van der Waals surface area contributed by atoms with Crippen molar-refractivity contribution in [2.24, 2.45) is 0 Å². The van der Waals surface area contributed by atoms with Crippen LogP contribution in [0.4, 0.5) is 0 Å². The van der Waals surface area contributed by atoms with Crippen LogP contribution >= 0.6 is 0 Å². The van der Waals surface area contributed by atoms with E-state index >= 15 is 0 Å². The Morgan fingerprint density at radius 2 is 2.46 bits per heavy atom. The second kappa shape index (κ2) is 2.72. The number of fused-ring (bicyclic) bond motifs is 1. The molecule has 0 aliphatic carbocycles. The Hall–Kier alpha value is -2.15. The molecule has 0 saturated carbocycles. The van der Waals surface area contributed by atoms with Crippen LogP contribution in [-0.4, -0.2) is 11.3 Å². The molecule has 2 aromatic heterocycles. The zero-order valence-corrected chi connectivity index (χ0v) is 6.52. The van der Waals surface area contributed by atoms with Gasteiger partial charge in [-0.2, -0.15) is 5.26 Å². The molecule has 0 fully saturated rings. The molecule has 0 aliphatic rings.